The fourth-order valence-electron chi connectivity index (χ4n) is 1.73. The van der Waals surface area contributed by atoms with Crippen LogP contribution < -0.4 is 4.72 Å². The molecular weight excluding hydrogens is 337 g/mol. The quantitative estimate of drug-likeness (QED) is 0.844. The molecule has 0 aliphatic heterocycles. The molecule has 0 unspecified atom stereocenters. The first-order valence-electron chi connectivity index (χ1n) is 6.26. The monoisotopic (exact) mass is 350 g/mol. The minimum Gasteiger partial charge on any atom is -0.480 e. The number of benzene rings is 1. The van der Waals surface area contributed by atoms with E-state index in [2.05, 4.69) is 0 Å². The number of nitrogens with zero attached hydrogens (tertiary/aromatic N) is 1. The normalized spacial score (nSPS) is 13.6. The van der Waals surface area contributed by atoms with Crippen molar-refractivity contribution in [2.75, 3.05) is 0 Å². The van der Waals surface area contributed by atoms with Crippen molar-refractivity contribution in [3.05, 3.63) is 29.3 Å². The summed E-state index contributed by atoms with van der Waals surface area (Å²) in [5.74, 6) is -2.07. The molecule has 0 heterocycles. The molecule has 1 atom stereocenters. The van der Waals surface area contributed by atoms with E-state index in [-0.39, 0.29) is 0 Å². The van der Waals surface area contributed by atoms with Gasteiger partial charge in [0.15, 0.2) is 0 Å². The molecule has 2 N–H and O–H groups in total. The van der Waals surface area contributed by atoms with Gasteiger partial charge in [0.25, 0.3) is 0 Å². The Balaban J connectivity index is 3.35. The molecule has 0 aromatic heterocycles. The van der Waals surface area contributed by atoms with Gasteiger partial charge in [0.1, 0.15) is 6.04 Å². The van der Waals surface area contributed by atoms with E-state index in [0.29, 0.717) is 6.07 Å². The van der Waals surface area contributed by atoms with Gasteiger partial charge in [-0.3, -0.25) is 4.79 Å². The van der Waals surface area contributed by atoms with Crippen molar-refractivity contribution in [2.24, 2.45) is 5.92 Å². The second-order valence-corrected chi connectivity index (χ2v) is 6.71. The molecule has 1 rings (SSSR count). The maximum Gasteiger partial charge on any atom is 0.417 e. The van der Waals surface area contributed by atoms with Gasteiger partial charge in [-0.2, -0.15) is 23.2 Å². The lowest BCUT2D eigenvalue weighted by Gasteiger charge is -2.18. The summed E-state index contributed by atoms with van der Waals surface area (Å²) < 4.78 is 64.6. The second kappa shape index (κ2) is 6.55. The molecule has 0 radical (unpaired) electrons. The van der Waals surface area contributed by atoms with Crippen LogP contribution in [0.3, 0.4) is 0 Å². The average molecular weight is 350 g/mol. The third-order valence-electron chi connectivity index (χ3n) is 2.94. The number of nitriles is 1. The van der Waals surface area contributed by atoms with Gasteiger partial charge in [0.2, 0.25) is 10.0 Å². The maximum atomic E-state index is 12.9. The molecule has 0 bridgehead atoms. The number of carboxylic acids is 1. The Labute approximate surface area is 130 Å². The summed E-state index contributed by atoms with van der Waals surface area (Å²) >= 11 is 0. The number of rotatable bonds is 5. The minimum absolute atomic E-state index is 0.306. The Bertz CT molecular complexity index is 751. The first kappa shape index (κ1) is 18.9. The minimum atomic E-state index is -4.92. The molecule has 0 amide bonds. The van der Waals surface area contributed by atoms with Gasteiger partial charge in [-0.15, -0.1) is 0 Å². The molecular formula is C13H13F3N2O4S. The summed E-state index contributed by atoms with van der Waals surface area (Å²) in [5.41, 5.74) is -2.13. The van der Waals surface area contributed by atoms with Crippen molar-refractivity contribution in [3.63, 3.8) is 0 Å². The van der Waals surface area contributed by atoms with E-state index in [0.717, 1.165) is 12.1 Å². The van der Waals surface area contributed by atoms with Gasteiger partial charge in [0.05, 0.1) is 22.1 Å². The predicted molar refractivity (Wildman–Crippen MR) is 72.7 cm³/mol. The summed E-state index contributed by atoms with van der Waals surface area (Å²) in [5, 5.41) is 17.6. The largest absolute Gasteiger partial charge is 0.480 e. The van der Waals surface area contributed by atoms with Gasteiger partial charge in [-0.25, -0.2) is 8.42 Å². The molecule has 0 saturated heterocycles. The Morgan fingerprint density at radius 1 is 1.35 bits per heavy atom. The molecule has 0 spiro atoms. The van der Waals surface area contributed by atoms with Gasteiger partial charge < -0.3 is 5.11 Å². The standard InChI is InChI=1S/C13H13F3N2O4S/c1-7(2)11(12(19)20)18-23(21,22)9-4-3-8(6-17)10(5-9)13(14,15)16/h3-5,7,11,18H,1-2H3,(H,19,20)/t11-/m0/s1. The van der Waals surface area contributed by atoms with Crippen LogP contribution in [0.25, 0.3) is 0 Å². The number of aliphatic carboxylic acids is 1. The highest BCUT2D eigenvalue weighted by molar-refractivity contribution is 7.89. The first-order valence-corrected chi connectivity index (χ1v) is 7.75. The fourth-order valence-corrected chi connectivity index (χ4v) is 3.09. The van der Waals surface area contributed by atoms with Gasteiger partial charge in [0, 0.05) is 0 Å². The highest BCUT2D eigenvalue weighted by Crippen LogP contribution is 2.33. The highest BCUT2D eigenvalue weighted by atomic mass is 32.2. The molecule has 126 valence electrons. The Morgan fingerprint density at radius 3 is 2.30 bits per heavy atom. The van der Waals surface area contributed by atoms with Crippen molar-refractivity contribution < 1.29 is 31.5 Å². The average Bonchev–Trinajstić information content (AvgIpc) is 2.42. The van der Waals surface area contributed by atoms with Crippen LogP contribution in [0.15, 0.2) is 23.1 Å². The van der Waals surface area contributed by atoms with E-state index < -0.39 is 50.2 Å². The van der Waals surface area contributed by atoms with Crippen LogP contribution in [0.2, 0.25) is 0 Å². The number of carbonyl (C=O) groups is 1. The van der Waals surface area contributed by atoms with Crippen molar-refractivity contribution in [3.8, 4) is 6.07 Å². The van der Waals surface area contributed by atoms with Crippen LogP contribution in [0.1, 0.15) is 25.0 Å². The molecule has 0 aliphatic carbocycles. The molecule has 0 aliphatic rings. The summed E-state index contributed by atoms with van der Waals surface area (Å²) in [6.45, 7) is 2.89. The lowest BCUT2D eigenvalue weighted by Crippen LogP contribution is -2.44. The van der Waals surface area contributed by atoms with E-state index >= 15 is 0 Å². The van der Waals surface area contributed by atoms with Crippen molar-refractivity contribution in [1.82, 2.24) is 4.72 Å². The van der Waals surface area contributed by atoms with Crippen LogP contribution in [0, 0.1) is 17.2 Å². The van der Waals surface area contributed by atoms with Crippen LogP contribution in [0.4, 0.5) is 13.2 Å². The Kier molecular flexibility index (Phi) is 5.39. The molecule has 0 fully saturated rings. The van der Waals surface area contributed by atoms with E-state index in [4.69, 9.17) is 10.4 Å². The Morgan fingerprint density at radius 2 is 1.91 bits per heavy atom. The number of nitrogens with one attached hydrogen (secondary N) is 1. The maximum absolute atomic E-state index is 12.9. The number of hydrogen-bond acceptors (Lipinski definition) is 4. The number of carboxylic acid groups (broad SMARTS) is 1. The fraction of sp³-hybridized carbons (Fsp3) is 0.385. The zero-order valence-corrected chi connectivity index (χ0v) is 12.9. The van der Waals surface area contributed by atoms with E-state index in [9.17, 15) is 26.4 Å². The van der Waals surface area contributed by atoms with Crippen molar-refractivity contribution >= 4 is 16.0 Å². The second-order valence-electron chi connectivity index (χ2n) is 5.00. The van der Waals surface area contributed by atoms with Gasteiger partial charge in [-0.05, 0) is 24.1 Å². The third-order valence-corrected chi connectivity index (χ3v) is 4.38. The summed E-state index contributed by atoms with van der Waals surface area (Å²) in [6, 6.07) is 1.68. The number of hydrogen-bond donors (Lipinski definition) is 2. The van der Waals surface area contributed by atoms with Gasteiger partial charge >= 0.3 is 12.1 Å². The highest BCUT2D eigenvalue weighted by Gasteiger charge is 2.36. The SMILES string of the molecule is CC(C)[C@H](NS(=O)(=O)c1ccc(C#N)c(C(F)(F)F)c1)C(=O)O. The van der Waals surface area contributed by atoms with E-state index in [1.165, 1.54) is 19.9 Å². The molecule has 10 heteroatoms. The van der Waals surface area contributed by atoms with E-state index in [1.54, 1.807) is 0 Å². The smallest absolute Gasteiger partial charge is 0.417 e. The van der Waals surface area contributed by atoms with Gasteiger partial charge in [-0.1, -0.05) is 13.8 Å². The topological polar surface area (TPSA) is 107 Å². The molecule has 1 aromatic carbocycles. The summed E-state index contributed by atoms with van der Waals surface area (Å²) in [7, 11) is -4.50. The number of alkyl halides is 3. The van der Waals surface area contributed by atoms with Crippen LogP contribution in [-0.2, 0) is 21.0 Å². The molecule has 6 nitrogen and oxygen atoms in total. The van der Waals surface area contributed by atoms with Crippen LogP contribution >= 0.6 is 0 Å². The number of halogens is 3. The Hall–Kier alpha value is -2.12. The third kappa shape index (κ3) is 4.43. The lowest BCUT2D eigenvalue weighted by molar-refractivity contribution is -0.140. The summed E-state index contributed by atoms with van der Waals surface area (Å²) in [6.07, 6.45) is -4.92. The summed E-state index contributed by atoms with van der Waals surface area (Å²) in [4.78, 5) is 10.3. The molecule has 23 heavy (non-hydrogen) atoms. The van der Waals surface area contributed by atoms with Crippen LogP contribution in [0.5, 0.6) is 0 Å². The van der Waals surface area contributed by atoms with E-state index in [1.807, 2.05) is 4.72 Å². The molecule has 1 aromatic rings. The van der Waals surface area contributed by atoms with Crippen LogP contribution in [-0.4, -0.2) is 25.5 Å². The lowest BCUT2D eigenvalue weighted by atomic mass is 10.1. The van der Waals surface area contributed by atoms with Crippen molar-refractivity contribution in [2.45, 2.75) is 31.0 Å². The zero-order valence-electron chi connectivity index (χ0n) is 12.0. The van der Waals surface area contributed by atoms with Crippen molar-refractivity contribution in [1.29, 1.82) is 5.26 Å². The number of sulfonamides is 1. The zero-order chi connectivity index (χ0) is 18.0. The molecule has 0 saturated carbocycles. The predicted octanol–water partition coefficient (Wildman–Crippen LogP) is 1.96. The first-order chi connectivity index (χ1) is 10.4.